The monoisotopic (exact) mass is 503 g/mol. The maximum atomic E-state index is 13.1. The Bertz CT molecular complexity index is 904. The van der Waals surface area contributed by atoms with E-state index in [0.29, 0.717) is 18.7 Å². The summed E-state index contributed by atoms with van der Waals surface area (Å²) < 4.78 is 5.84. The van der Waals surface area contributed by atoms with Gasteiger partial charge in [-0.1, -0.05) is 26.0 Å². The van der Waals surface area contributed by atoms with Crippen molar-refractivity contribution in [1.29, 1.82) is 0 Å². The number of hydrogen-bond donors (Lipinski definition) is 3. The van der Waals surface area contributed by atoms with E-state index in [0.717, 1.165) is 13.0 Å². The molecule has 1 heterocycles. The second-order valence-corrected chi connectivity index (χ2v) is 9.87. The minimum Gasteiger partial charge on any atom is -0.491 e. The largest absolute Gasteiger partial charge is 0.491 e. The second-order valence-electron chi connectivity index (χ2n) is 9.87. The third kappa shape index (κ3) is 9.49. The third-order valence-corrected chi connectivity index (χ3v) is 5.90. The number of likely N-dealkylation sites (N-methyl/N-ethyl adjacent to an activating group) is 1. The molecule has 0 fully saturated rings. The molecule has 4 amide bonds. The fourth-order valence-electron chi connectivity index (χ4n) is 3.92. The second kappa shape index (κ2) is 14.4. The van der Waals surface area contributed by atoms with E-state index in [9.17, 15) is 19.2 Å². The van der Waals surface area contributed by atoms with Crippen molar-refractivity contribution in [2.24, 2.45) is 5.92 Å². The number of para-hydroxylation sites is 1. The van der Waals surface area contributed by atoms with E-state index in [2.05, 4.69) is 16.0 Å². The normalized spacial score (nSPS) is 20.1. The van der Waals surface area contributed by atoms with Crippen LogP contribution in [0.25, 0.3) is 0 Å². The summed E-state index contributed by atoms with van der Waals surface area (Å²) in [5.41, 5.74) is 0.286. The van der Waals surface area contributed by atoms with Crippen molar-refractivity contribution < 1.29 is 23.9 Å². The number of rotatable bonds is 7. The van der Waals surface area contributed by atoms with Gasteiger partial charge in [-0.15, -0.1) is 0 Å². The number of fused-ring (bicyclic) bond motifs is 1. The Morgan fingerprint density at radius 1 is 1.19 bits per heavy atom. The predicted molar refractivity (Wildman–Crippen MR) is 138 cm³/mol. The summed E-state index contributed by atoms with van der Waals surface area (Å²) in [5.74, 6) is -0.799. The summed E-state index contributed by atoms with van der Waals surface area (Å²) in [6.45, 7) is 5.70. The molecule has 1 aliphatic heterocycles. The highest BCUT2D eigenvalue weighted by molar-refractivity contribution is 5.99. The summed E-state index contributed by atoms with van der Waals surface area (Å²) in [5, 5.41) is 8.46. The SMILES string of the molecule is CC(C)C[C@@H]1NC(=O)CC[C@@H](C(=O)NCCCN(C)C)NC(=O)c2ccccc2OCCN(C)C1=O. The maximum Gasteiger partial charge on any atom is 0.255 e. The Hall–Kier alpha value is -3.14. The zero-order valence-corrected chi connectivity index (χ0v) is 22.1. The van der Waals surface area contributed by atoms with Crippen molar-refractivity contribution >= 4 is 23.6 Å². The van der Waals surface area contributed by atoms with Crippen molar-refractivity contribution in [3.8, 4) is 5.75 Å². The van der Waals surface area contributed by atoms with Crippen LogP contribution in [0.2, 0.25) is 0 Å². The number of nitrogens with zero attached hydrogens (tertiary/aromatic N) is 2. The van der Waals surface area contributed by atoms with Gasteiger partial charge in [0.25, 0.3) is 5.91 Å². The van der Waals surface area contributed by atoms with Crippen LogP contribution in [0.3, 0.4) is 0 Å². The molecule has 0 bridgehead atoms. The molecule has 2 rings (SSSR count). The van der Waals surface area contributed by atoms with Crippen LogP contribution in [0.1, 0.15) is 49.9 Å². The molecular formula is C26H41N5O5. The van der Waals surface area contributed by atoms with Crippen LogP contribution < -0.4 is 20.7 Å². The number of carbonyl (C=O) groups is 4. The average molecular weight is 504 g/mol. The van der Waals surface area contributed by atoms with Crippen molar-refractivity contribution in [2.45, 2.75) is 51.6 Å². The van der Waals surface area contributed by atoms with Gasteiger partial charge in [0.1, 0.15) is 24.4 Å². The van der Waals surface area contributed by atoms with Gasteiger partial charge in [0.15, 0.2) is 0 Å². The number of ether oxygens (including phenoxy) is 1. The molecule has 1 aromatic rings. The Morgan fingerprint density at radius 3 is 2.61 bits per heavy atom. The molecule has 0 aromatic heterocycles. The van der Waals surface area contributed by atoms with Gasteiger partial charge in [-0.05, 0) is 58.0 Å². The lowest BCUT2D eigenvalue weighted by molar-refractivity contribution is -0.136. The van der Waals surface area contributed by atoms with Crippen LogP contribution in [-0.4, -0.2) is 92.9 Å². The molecule has 0 saturated heterocycles. The summed E-state index contributed by atoms with van der Waals surface area (Å²) in [7, 11) is 5.57. The third-order valence-electron chi connectivity index (χ3n) is 5.90. The molecule has 1 aromatic carbocycles. The number of nitrogens with one attached hydrogen (secondary N) is 3. The standard InChI is InChI=1S/C26H41N5O5/c1-18(2)17-21-26(35)31(5)15-16-36-22-10-7-6-9-19(22)24(33)29-20(11-12-23(32)28-21)25(34)27-13-8-14-30(3)4/h6-7,9-10,18,20-21H,8,11-17H2,1-5H3,(H,27,34)(H,28,32)(H,29,33)/t20-,21-/m0/s1. The van der Waals surface area contributed by atoms with Gasteiger partial charge in [0, 0.05) is 20.0 Å². The van der Waals surface area contributed by atoms with Crippen LogP contribution in [0.15, 0.2) is 24.3 Å². The van der Waals surface area contributed by atoms with E-state index in [-0.39, 0.29) is 55.2 Å². The molecule has 36 heavy (non-hydrogen) atoms. The summed E-state index contributed by atoms with van der Waals surface area (Å²) in [6.07, 6.45) is 1.33. The predicted octanol–water partition coefficient (Wildman–Crippen LogP) is 1.01. The topological polar surface area (TPSA) is 120 Å². The minimum absolute atomic E-state index is 0.0141. The molecule has 10 heteroatoms. The average Bonchev–Trinajstić information content (AvgIpc) is 2.82. The van der Waals surface area contributed by atoms with Gasteiger partial charge >= 0.3 is 0 Å². The first-order chi connectivity index (χ1) is 17.1. The van der Waals surface area contributed by atoms with E-state index < -0.39 is 18.0 Å². The highest BCUT2D eigenvalue weighted by atomic mass is 16.5. The first kappa shape index (κ1) is 29.1. The van der Waals surface area contributed by atoms with E-state index in [1.807, 2.05) is 32.8 Å². The quantitative estimate of drug-likeness (QED) is 0.478. The van der Waals surface area contributed by atoms with Gasteiger partial charge in [0.2, 0.25) is 17.7 Å². The number of hydrogen-bond acceptors (Lipinski definition) is 6. The van der Waals surface area contributed by atoms with Gasteiger partial charge in [-0.2, -0.15) is 0 Å². The molecule has 200 valence electrons. The fraction of sp³-hybridized carbons (Fsp3) is 0.615. The highest BCUT2D eigenvalue weighted by Crippen LogP contribution is 2.19. The molecule has 10 nitrogen and oxygen atoms in total. The molecule has 0 radical (unpaired) electrons. The van der Waals surface area contributed by atoms with E-state index in [1.54, 1.807) is 31.3 Å². The Labute approximate surface area is 214 Å². The Balaban J connectivity index is 2.26. The first-order valence-electron chi connectivity index (χ1n) is 12.6. The van der Waals surface area contributed by atoms with Gasteiger partial charge < -0.3 is 30.5 Å². The van der Waals surface area contributed by atoms with Gasteiger partial charge in [0.05, 0.1) is 12.1 Å². The minimum atomic E-state index is -0.914. The number of benzene rings is 1. The van der Waals surface area contributed by atoms with Crippen LogP contribution >= 0.6 is 0 Å². The molecule has 0 spiro atoms. The lowest BCUT2D eigenvalue weighted by atomic mass is 10.0. The summed E-state index contributed by atoms with van der Waals surface area (Å²) >= 11 is 0. The summed E-state index contributed by atoms with van der Waals surface area (Å²) in [6, 6.07) is 5.18. The van der Waals surface area contributed by atoms with Crippen molar-refractivity contribution in [3.05, 3.63) is 29.8 Å². The van der Waals surface area contributed by atoms with Crippen LogP contribution in [-0.2, 0) is 14.4 Å². The van der Waals surface area contributed by atoms with E-state index in [4.69, 9.17) is 4.74 Å². The molecule has 1 aliphatic rings. The van der Waals surface area contributed by atoms with Gasteiger partial charge in [-0.3, -0.25) is 19.2 Å². The van der Waals surface area contributed by atoms with E-state index in [1.165, 1.54) is 4.90 Å². The van der Waals surface area contributed by atoms with Crippen LogP contribution in [0.5, 0.6) is 5.75 Å². The van der Waals surface area contributed by atoms with Crippen LogP contribution in [0.4, 0.5) is 0 Å². The molecule has 2 atom stereocenters. The zero-order chi connectivity index (χ0) is 26.7. The zero-order valence-electron chi connectivity index (χ0n) is 22.1. The fourth-order valence-corrected chi connectivity index (χ4v) is 3.92. The Morgan fingerprint density at radius 2 is 1.92 bits per heavy atom. The molecule has 0 unspecified atom stereocenters. The van der Waals surface area contributed by atoms with Crippen molar-refractivity contribution in [1.82, 2.24) is 25.8 Å². The lowest BCUT2D eigenvalue weighted by Crippen LogP contribution is -2.50. The first-order valence-corrected chi connectivity index (χ1v) is 12.6. The summed E-state index contributed by atoms with van der Waals surface area (Å²) in [4.78, 5) is 55.4. The van der Waals surface area contributed by atoms with Gasteiger partial charge in [-0.25, -0.2) is 0 Å². The van der Waals surface area contributed by atoms with Crippen molar-refractivity contribution in [3.63, 3.8) is 0 Å². The molecular weight excluding hydrogens is 462 g/mol. The van der Waals surface area contributed by atoms with Crippen LogP contribution in [0, 0.1) is 5.92 Å². The highest BCUT2D eigenvalue weighted by Gasteiger charge is 2.28. The van der Waals surface area contributed by atoms with Crippen molar-refractivity contribution in [2.75, 3.05) is 47.4 Å². The number of carbonyl (C=O) groups excluding carboxylic acids is 4. The smallest absolute Gasteiger partial charge is 0.255 e. The number of amides is 4. The molecule has 3 N–H and O–H groups in total. The maximum absolute atomic E-state index is 13.1. The van der Waals surface area contributed by atoms with E-state index >= 15 is 0 Å². The lowest BCUT2D eigenvalue weighted by Gasteiger charge is -2.26. The Kier molecular flexibility index (Phi) is 11.7. The molecule has 0 saturated carbocycles. The molecule has 0 aliphatic carbocycles.